The first-order valence-electron chi connectivity index (χ1n) is 6.24. The maximum Gasteiger partial charge on any atom is 0.0728 e. The van der Waals surface area contributed by atoms with Crippen LogP contribution < -0.4 is 5.73 Å². The highest BCUT2D eigenvalue weighted by Crippen LogP contribution is 2.22. The smallest absolute Gasteiger partial charge is 0.0728 e. The summed E-state index contributed by atoms with van der Waals surface area (Å²) in [7, 11) is 0. The molecule has 15 heavy (non-hydrogen) atoms. The lowest BCUT2D eigenvalue weighted by molar-refractivity contribution is -0.00523. The molecule has 2 unspecified atom stereocenters. The summed E-state index contributed by atoms with van der Waals surface area (Å²) in [6.07, 6.45) is 4.64. The molecule has 0 aliphatic carbocycles. The summed E-state index contributed by atoms with van der Waals surface area (Å²) in [4.78, 5) is 0. The first-order chi connectivity index (χ1) is 7.29. The number of rotatable bonds is 6. The van der Waals surface area contributed by atoms with Crippen LogP contribution in [0.5, 0.6) is 0 Å². The summed E-state index contributed by atoms with van der Waals surface area (Å²) in [6.45, 7) is 6.72. The quantitative estimate of drug-likeness (QED) is 0.736. The fourth-order valence-electron chi connectivity index (χ4n) is 2.29. The summed E-state index contributed by atoms with van der Waals surface area (Å²) in [5.41, 5.74) is 6.28. The zero-order valence-electron chi connectivity index (χ0n) is 10.1. The van der Waals surface area contributed by atoms with E-state index in [2.05, 4.69) is 6.92 Å². The molecule has 0 radical (unpaired) electrons. The molecule has 0 aromatic heterocycles. The fourth-order valence-corrected chi connectivity index (χ4v) is 2.29. The molecule has 0 aromatic carbocycles. The van der Waals surface area contributed by atoms with Gasteiger partial charge < -0.3 is 15.2 Å². The van der Waals surface area contributed by atoms with Crippen molar-refractivity contribution in [2.24, 2.45) is 11.7 Å². The third kappa shape index (κ3) is 4.09. The lowest BCUT2D eigenvalue weighted by atomic mass is 9.87. The fraction of sp³-hybridized carbons (Fsp3) is 1.00. The molecule has 3 nitrogen and oxygen atoms in total. The molecule has 2 atom stereocenters. The second-order valence-electron chi connectivity index (χ2n) is 4.31. The molecule has 1 aliphatic heterocycles. The lowest BCUT2D eigenvalue weighted by Crippen LogP contribution is -2.44. The van der Waals surface area contributed by atoms with Crippen LogP contribution >= 0.6 is 0 Å². The zero-order chi connectivity index (χ0) is 11.1. The minimum absolute atomic E-state index is 0.189. The second kappa shape index (κ2) is 7.20. The third-order valence-electron chi connectivity index (χ3n) is 3.19. The monoisotopic (exact) mass is 215 g/mol. The molecular formula is C12H25NO2. The van der Waals surface area contributed by atoms with Crippen LogP contribution in [0.2, 0.25) is 0 Å². The Morgan fingerprint density at radius 1 is 1.33 bits per heavy atom. The van der Waals surface area contributed by atoms with E-state index in [9.17, 15) is 0 Å². The highest BCUT2D eigenvalue weighted by Gasteiger charge is 2.27. The molecule has 1 fully saturated rings. The van der Waals surface area contributed by atoms with Crippen LogP contribution in [0.25, 0.3) is 0 Å². The van der Waals surface area contributed by atoms with Crippen LogP contribution in [0.1, 0.15) is 39.5 Å². The number of nitrogens with two attached hydrogens (primary N) is 1. The van der Waals surface area contributed by atoms with Gasteiger partial charge >= 0.3 is 0 Å². The molecule has 1 saturated heterocycles. The van der Waals surface area contributed by atoms with Crippen molar-refractivity contribution in [1.29, 1.82) is 0 Å². The van der Waals surface area contributed by atoms with E-state index in [1.165, 1.54) is 0 Å². The summed E-state index contributed by atoms with van der Waals surface area (Å²) in [6, 6.07) is 0.189. The van der Waals surface area contributed by atoms with Gasteiger partial charge in [0.25, 0.3) is 0 Å². The van der Waals surface area contributed by atoms with Crippen molar-refractivity contribution in [1.82, 2.24) is 0 Å². The Bertz CT molecular complexity index is 152. The minimum atomic E-state index is 0.189. The molecular weight excluding hydrogens is 190 g/mol. The Balaban J connectivity index is 2.41. The van der Waals surface area contributed by atoms with Gasteiger partial charge in [0.05, 0.1) is 6.10 Å². The van der Waals surface area contributed by atoms with Gasteiger partial charge in [-0.2, -0.15) is 0 Å². The van der Waals surface area contributed by atoms with Crippen LogP contribution in [-0.2, 0) is 9.47 Å². The lowest BCUT2D eigenvalue weighted by Gasteiger charge is -2.33. The minimum Gasteiger partial charge on any atom is -0.381 e. The largest absolute Gasteiger partial charge is 0.381 e. The van der Waals surface area contributed by atoms with Gasteiger partial charge in [0.1, 0.15) is 0 Å². The number of ether oxygens (including phenoxy) is 2. The molecule has 0 spiro atoms. The average molecular weight is 215 g/mol. The Hall–Kier alpha value is -0.120. The van der Waals surface area contributed by atoms with Crippen molar-refractivity contribution >= 4 is 0 Å². The van der Waals surface area contributed by atoms with E-state index >= 15 is 0 Å². The summed E-state index contributed by atoms with van der Waals surface area (Å²) < 4.78 is 11.1. The Kier molecular flexibility index (Phi) is 6.22. The van der Waals surface area contributed by atoms with E-state index in [1.807, 2.05) is 6.92 Å². The standard InChI is InChI=1S/C12H25NO2/c1-3-5-11(15-4-2)12(13)10-6-8-14-9-7-10/h10-12H,3-9,13H2,1-2H3. The highest BCUT2D eigenvalue weighted by atomic mass is 16.5. The SMILES string of the molecule is CCCC(OCC)C(N)C1CCOCC1. The zero-order valence-corrected chi connectivity index (χ0v) is 10.1. The van der Waals surface area contributed by atoms with E-state index in [4.69, 9.17) is 15.2 Å². The van der Waals surface area contributed by atoms with Crippen molar-refractivity contribution in [2.45, 2.75) is 51.7 Å². The Morgan fingerprint density at radius 2 is 2.00 bits per heavy atom. The molecule has 1 aliphatic rings. The van der Waals surface area contributed by atoms with Gasteiger partial charge in [-0.3, -0.25) is 0 Å². The summed E-state index contributed by atoms with van der Waals surface area (Å²) in [5.74, 6) is 0.585. The average Bonchev–Trinajstić information content (AvgIpc) is 2.29. The third-order valence-corrected chi connectivity index (χ3v) is 3.19. The van der Waals surface area contributed by atoms with E-state index in [0.717, 1.165) is 45.5 Å². The normalized spacial score (nSPS) is 22.6. The van der Waals surface area contributed by atoms with Gasteiger partial charge in [-0.25, -0.2) is 0 Å². The van der Waals surface area contributed by atoms with Gasteiger partial charge in [0, 0.05) is 25.9 Å². The second-order valence-corrected chi connectivity index (χ2v) is 4.31. The van der Waals surface area contributed by atoms with Gasteiger partial charge in [0.15, 0.2) is 0 Å². The molecule has 0 aromatic rings. The van der Waals surface area contributed by atoms with Crippen molar-refractivity contribution in [3.8, 4) is 0 Å². The van der Waals surface area contributed by atoms with E-state index in [0.29, 0.717) is 5.92 Å². The maximum absolute atomic E-state index is 6.28. The highest BCUT2D eigenvalue weighted by molar-refractivity contribution is 4.82. The Labute approximate surface area is 93.3 Å². The maximum atomic E-state index is 6.28. The summed E-state index contributed by atoms with van der Waals surface area (Å²) >= 11 is 0. The number of hydrogen-bond donors (Lipinski definition) is 1. The van der Waals surface area contributed by atoms with Crippen molar-refractivity contribution in [3.05, 3.63) is 0 Å². The van der Waals surface area contributed by atoms with E-state index < -0.39 is 0 Å². The summed E-state index contributed by atoms with van der Waals surface area (Å²) in [5, 5.41) is 0. The molecule has 0 bridgehead atoms. The molecule has 0 saturated carbocycles. The topological polar surface area (TPSA) is 44.5 Å². The molecule has 1 rings (SSSR count). The molecule has 3 heteroatoms. The van der Waals surface area contributed by atoms with E-state index in [-0.39, 0.29) is 12.1 Å². The van der Waals surface area contributed by atoms with Crippen LogP contribution in [-0.4, -0.2) is 32.0 Å². The van der Waals surface area contributed by atoms with E-state index in [1.54, 1.807) is 0 Å². The molecule has 90 valence electrons. The van der Waals surface area contributed by atoms with Crippen molar-refractivity contribution < 1.29 is 9.47 Å². The van der Waals surface area contributed by atoms with Crippen LogP contribution in [0.4, 0.5) is 0 Å². The van der Waals surface area contributed by atoms with Gasteiger partial charge in [-0.05, 0) is 32.1 Å². The van der Waals surface area contributed by atoms with Gasteiger partial charge in [-0.15, -0.1) is 0 Å². The van der Waals surface area contributed by atoms with Crippen LogP contribution in [0, 0.1) is 5.92 Å². The van der Waals surface area contributed by atoms with Crippen molar-refractivity contribution in [3.63, 3.8) is 0 Å². The first kappa shape index (κ1) is 12.9. The van der Waals surface area contributed by atoms with Crippen LogP contribution in [0.3, 0.4) is 0 Å². The predicted molar refractivity (Wildman–Crippen MR) is 61.8 cm³/mol. The Morgan fingerprint density at radius 3 is 2.53 bits per heavy atom. The van der Waals surface area contributed by atoms with Gasteiger partial charge in [0.2, 0.25) is 0 Å². The molecule has 2 N–H and O–H groups in total. The van der Waals surface area contributed by atoms with Gasteiger partial charge in [-0.1, -0.05) is 13.3 Å². The first-order valence-corrected chi connectivity index (χ1v) is 6.24. The number of hydrogen-bond acceptors (Lipinski definition) is 3. The molecule has 1 heterocycles. The van der Waals surface area contributed by atoms with Crippen LogP contribution in [0.15, 0.2) is 0 Å². The predicted octanol–water partition coefficient (Wildman–Crippen LogP) is 1.95. The molecule has 0 amide bonds. The van der Waals surface area contributed by atoms with Crippen molar-refractivity contribution in [2.75, 3.05) is 19.8 Å².